The Hall–Kier alpha value is -5.07. The highest BCUT2D eigenvalue weighted by Crippen LogP contribution is 2.29. The van der Waals surface area contributed by atoms with Crippen molar-refractivity contribution in [1.29, 1.82) is 0 Å². The normalized spacial score (nSPS) is 11.2. The third-order valence-electron chi connectivity index (χ3n) is 7.50. The molecule has 0 aliphatic carbocycles. The number of rotatable bonds is 14. The van der Waals surface area contributed by atoms with Crippen molar-refractivity contribution in [3.05, 3.63) is 156 Å². The van der Waals surface area contributed by atoms with E-state index in [1.807, 2.05) is 97.1 Å². The summed E-state index contributed by atoms with van der Waals surface area (Å²) in [6, 6.07) is 41.2. The Morgan fingerprint density at radius 3 is 1.67 bits per heavy atom. The highest BCUT2D eigenvalue weighted by Gasteiger charge is 2.17. The molecule has 0 saturated carbocycles. The first kappa shape index (κ1) is 32.3. The Balaban J connectivity index is 1.21. The molecule has 5 rings (SSSR count). The molecular formula is C40H35NO4S. The van der Waals surface area contributed by atoms with Crippen LogP contribution in [0.1, 0.15) is 75.7 Å². The molecule has 0 heterocycles. The Bertz CT molecular complexity index is 1780. The van der Waals surface area contributed by atoms with Gasteiger partial charge in [-0.2, -0.15) is 0 Å². The lowest BCUT2D eigenvalue weighted by Gasteiger charge is -2.08. The van der Waals surface area contributed by atoms with Crippen molar-refractivity contribution in [2.45, 2.75) is 48.8 Å². The lowest BCUT2D eigenvalue weighted by Crippen LogP contribution is -2.16. The average molecular weight is 626 g/mol. The summed E-state index contributed by atoms with van der Waals surface area (Å²) >= 11 is 1.54. The summed E-state index contributed by atoms with van der Waals surface area (Å²) in [6.45, 7) is 2.13. The maximum Gasteiger partial charge on any atom is 0.365 e. The van der Waals surface area contributed by atoms with Crippen molar-refractivity contribution < 1.29 is 19.2 Å². The molecule has 5 aromatic carbocycles. The summed E-state index contributed by atoms with van der Waals surface area (Å²) in [5, 5.41) is 4.01. The number of oxime groups is 1. The molecule has 230 valence electrons. The summed E-state index contributed by atoms with van der Waals surface area (Å²) < 4.78 is 0. The smallest absolute Gasteiger partial charge is 0.312 e. The van der Waals surface area contributed by atoms with Crippen LogP contribution < -0.4 is 0 Å². The van der Waals surface area contributed by atoms with E-state index in [0.29, 0.717) is 28.7 Å². The molecule has 0 unspecified atom stereocenters. The van der Waals surface area contributed by atoms with Gasteiger partial charge in [-0.25, -0.2) is 4.79 Å². The molecule has 0 aromatic heterocycles. The number of unbranched alkanes of at least 4 members (excludes halogenated alkanes) is 3. The van der Waals surface area contributed by atoms with Gasteiger partial charge in [-0.1, -0.05) is 116 Å². The van der Waals surface area contributed by atoms with Crippen LogP contribution in [0.3, 0.4) is 0 Å². The molecule has 0 fully saturated rings. The van der Waals surface area contributed by atoms with Crippen LogP contribution in [0.2, 0.25) is 0 Å². The van der Waals surface area contributed by atoms with Crippen molar-refractivity contribution in [3.63, 3.8) is 0 Å². The van der Waals surface area contributed by atoms with Crippen LogP contribution in [0.25, 0.3) is 11.1 Å². The van der Waals surface area contributed by atoms with Gasteiger partial charge >= 0.3 is 5.97 Å². The number of hydrogen-bond acceptors (Lipinski definition) is 6. The van der Waals surface area contributed by atoms with E-state index in [1.54, 1.807) is 48.2 Å². The number of nitrogens with zero attached hydrogens (tertiary/aromatic N) is 1. The van der Waals surface area contributed by atoms with Gasteiger partial charge in [0, 0.05) is 26.5 Å². The Labute approximate surface area is 274 Å². The van der Waals surface area contributed by atoms with Crippen LogP contribution in [0.15, 0.2) is 148 Å². The minimum absolute atomic E-state index is 0.0272. The first-order valence-corrected chi connectivity index (χ1v) is 16.3. The zero-order valence-electron chi connectivity index (χ0n) is 25.7. The third-order valence-corrected chi connectivity index (χ3v) is 8.52. The molecular weight excluding hydrogens is 591 g/mol. The van der Waals surface area contributed by atoms with Gasteiger partial charge in [-0.15, -0.1) is 0 Å². The molecule has 0 spiro atoms. The highest BCUT2D eigenvalue weighted by atomic mass is 32.2. The largest absolute Gasteiger partial charge is 0.365 e. The SMILES string of the molecule is CCCCCCC(=NOC(=O)c1ccccc1)C(=O)c1ccc(Sc2ccc(C(=O)c3ccc(-c4ccccc4)cc3)cc2)cc1. The molecule has 0 atom stereocenters. The maximum absolute atomic E-state index is 13.4. The predicted molar refractivity (Wildman–Crippen MR) is 185 cm³/mol. The van der Waals surface area contributed by atoms with Crippen molar-refractivity contribution in [2.75, 3.05) is 0 Å². The molecule has 5 aromatic rings. The second-order valence-electron chi connectivity index (χ2n) is 10.8. The fourth-order valence-electron chi connectivity index (χ4n) is 4.91. The number of hydrogen-bond donors (Lipinski definition) is 0. The van der Waals surface area contributed by atoms with Crippen molar-refractivity contribution in [3.8, 4) is 11.1 Å². The molecule has 46 heavy (non-hydrogen) atoms. The molecule has 0 saturated heterocycles. The van der Waals surface area contributed by atoms with E-state index in [9.17, 15) is 14.4 Å². The Morgan fingerprint density at radius 1 is 0.565 bits per heavy atom. The zero-order valence-corrected chi connectivity index (χ0v) is 26.5. The van der Waals surface area contributed by atoms with Crippen LogP contribution in [-0.4, -0.2) is 23.2 Å². The number of ketones is 2. The van der Waals surface area contributed by atoms with Crippen molar-refractivity contribution in [1.82, 2.24) is 0 Å². The molecule has 0 aliphatic heterocycles. The van der Waals surface area contributed by atoms with Crippen LogP contribution in [0.4, 0.5) is 0 Å². The van der Waals surface area contributed by atoms with Gasteiger partial charge in [0.05, 0.1) is 5.56 Å². The first-order chi connectivity index (χ1) is 22.5. The molecule has 5 nitrogen and oxygen atoms in total. The standard InChI is InChI=1S/C40H35NO4S/c1-2-3-4-11-16-37(41-45-40(44)34-14-9-6-10-15-34)39(43)33-23-27-36(28-24-33)46-35-25-21-32(22-26-35)38(42)31-19-17-30(18-20-31)29-12-7-5-8-13-29/h5-10,12-15,17-28H,2-4,11,16H2,1H3. The lowest BCUT2D eigenvalue weighted by molar-refractivity contribution is 0.0514. The quantitative estimate of drug-likeness (QED) is 0.0404. The minimum atomic E-state index is -0.597. The molecule has 0 N–H and O–H groups in total. The highest BCUT2D eigenvalue weighted by molar-refractivity contribution is 7.99. The van der Waals surface area contributed by atoms with E-state index in [-0.39, 0.29) is 17.3 Å². The van der Waals surface area contributed by atoms with Gasteiger partial charge < -0.3 is 4.84 Å². The maximum atomic E-state index is 13.4. The fourth-order valence-corrected chi connectivity index (χ4v) is 5.72. The number of carbonyl (C=O) groups excluding carboxylic acids is 3. The van der Waals surface area contributed by atoms with E-state index < -0.39 is 5.97 Å². The predicted octanol–water partition coefficient (Wildman–Crippen LogP) is 10.1. The summed E-state index contributed by atoms with van der Waals surface area (Å²) in [5.41, 5.74) is 4.53. The minimum Gasteiger partial charge on any atom is -0.312 e. The van der Waals surface area contributed by atoms with Gasteiger partial charge in [0.1, 0.15) is 5.71 Å². The van der Waals surface area contributed by atoms with Gasteiger partial charge in [0.2, 0.25) is 5.78 Å². The molecule has 0 aliphatic rings. The van der Waals surface area contributed by atoms with Gasteiger partial charge in [-0.3, -0.25) is 9.59 Å². The van der Waals surface area contributed by atoms with Crippen molar-refractivity contribution >= 4 is 35.0 Å². The van der Waals surface area contributed by atoms with Gasteiger partial charge in [0.25, 0.3) is 0 Å². The van der Waals surface area contributed by atoms with Gasteiger partial charge in [0.15, 0.2) is 5.78 Å². The summed E-state index contributed by atoms with van der Waals surface area (Å²) in [6.07, 6.45) is 4.32. The molecule has 0 radical (unpaired) electrons. The first-order valence-electron chi connectivity index (χ1n) is 15.5. The van der Waals surface area contributed by atoms with E-state index in [4.69, 9.17) is 4.84 Å². The van der Waals surface area contributed by atoms with Gasteiger partial charge in [-0.05, 0) is 84.6 Å². The molecule has 0 bridgehead atoms. The lowest BCUT2D eigenvalue weighted by atomic mass is 9.99. The van der Waals surface area contributed by atoms with Crippen molar-refractivity contribution in [2.24, 2.45) is 5.16 Å². The fraction of sp³-hybridized carbons (Fsp3) is 0.150. The molecule has 6 heteroatoms. The van der Waals surface area contributed by atoms with E-state index >= 15 is 0 Å². The topological polar surface area (TPSA) is 72.8 Å². The van der Waals surface area contributed by atoms with Crippen LogP contribution >= 0.6 is 11.8 Å². The number of Topliss-reactive ketones (excluding diaryl/α,β-unsaturated/α-hetero) is 1. The van der Waals surface area contributed by atoms with Crippen LogP contribution in [0.5, 0.6) is 0 Å². The summed E-state index contributed by atoms with van der Waals surface area (Å²) in [5.74, 6) is -0.880. The zero-order chi connectivity index (χ0) is 32.1. The van der Waals surface area contributed by atoms with E-state index in [1.165, 1.54) is 0 Å². The summed E-state index contributed by atoms with van der Waals surface area (Å²) in [7, 11) is 0. The third kappa shape index (κ3) is 8.77. The number of benzene rings is 5. The Morgan fingerprint density at radius 2 is 1.09 bits per heavy atom. The van der Waals surface area contributed by atoms with Crippen LogP contribution in [-0.2, 0) is 4.84 Å². The Kier molecular flexibility index (Phi) is 11.5. The van der Waals surface area contributed by atoms with E-state index in [2.05, 4.69) is 12.1 Å². The van der Waals surface area contributed by atoms with Crippen LogP contribution in [0, 0.1) is 0 Å². The monoisotopic (exact) mass is 625 g/mol. The molecule has 0 amide bonds. The number of carbonyl (C=O) groups is 3. The second kappa shape index (κ2) is 16.3. The second-order valence-corrected chi connectivity index (χ2v) is 12.0. The van der Waals surface area contributed by atoms with E-state index in [0.717, 1.165) is 46.6 Å². The summed E-state index contributed by atoms with van der Waals surface area (Å²) in [4.78, 5) is 46.0. The average Bonchev–Trinajstić information content (AvgIpc) is 3.12.